The molecule has 0 saturated heterocycles. The lowest BCUT2D eigenvalue weighted by molar-refractivity contribution is 0.570. The van der Waals surface area contributed by atoms with Crippen LogP contribution in [0.3, 0.4) is 0 Å². The highest BCUT2D eigenvalue weighted by Gasteiger charge is 2.21. The molecule has 0 spiro atoms. The highest BCUT2D eigenvalue weighted by molar-refractivity contribution is 8.00. The highest BCUT2D eigenvalue weighted by Crippen LogP contribution is 2.20. The molecule has 5 nitrogen and oxygen atoms in total. The minimum atomic E-state index is -3.48. The molecule has 0 aliphatic rings. The second-order valence-corrected chi connectivity index (χ2v) is 7.70. The van der Waals surface area contributed by atoms with E-state index in [1.54, 1.807) is 24.9 Å². The van der Waals surface area contributed by atoms with Gasteiger partial charge in [-0.3, -0.25) is 0 Å². The van der Waals surface area contributed by atoms with Gasteiger partial charge in [0.05, 0.1) is 0 Å². The summed E-state index contributed by atoms with van der Waals surface area (Å²) < 4.78 is 26.5. The van der Waals surface area contributed by atoms with Crippen molar-refractivity contribution in [3.8, 4) is 0 Å². The molecule has 2 N–H and O–H groups in total. The number of aromatic nitrogens is 1. The van der Waals surface area contributed by atoms with E-state index in [2.05, 4.69) is 15.0 Å². The van der Waals surface area contributed by atoms with Crippen LogP contribution in [0.5, 0.6) is 0 Å². The van der Waals surface area contributed by atoms with Gasteiger partial charge in [-0.1, -0.05) is 0 Å². The third-order valence-electron chi connectivity index (χ3n) is 2.54. The van der Waals surface area contributed by atoms with Crippen LogP contribution in [0.1, 0.15) is 13.8 Å². The molecule has 0 saturated carbocycles. The molecule has 102 valence electrons. The van der Waals surface area contributed by atoms with E-state index in [1.807, 2.05) is 20.1 Å². The summed E-state index contributed by atoms with van der Waals surface area (Å²) in [7, 11) is -1.75. The number of hydrogen-bond donors (Lipinski definition) is 2. The van der Waals surface area contributed by atoms with Crippen molar-refractivity contribution >= 4 is 27.6 Å². The molecule has 0 aliphatic carbocycles. The molecule has 0 aliphatic heterocycles. The van der Waals surface area contributed by atoms with Gasteiger partial charge >= 0.3 is 0 Å². The highest BCUT2D eigenvalue weighted by atomic mass is 32.2. The minimum Gasteiger partial charge on any atom is -0.373 e. The maximum Gasteiger partial charge on any atom is 0.242 e. The lowest BCUT2D eigenvalue weighted by atomic mass is 10.2. The molecular formula is C11H19N3O2S2. The fraction of sp³-hybridized carbons (Fsp3) is 0.545. The summed E-state index contributed by atoms with van der Waals surface area (Å²) >= 11 is 1.62. The average molecular weight is 289 g/mol. The van der Waals surface area contributed by atoms with E-state index in [1.165, 1.54) is 12.3 Å². The Kier molecular flexibility index (Phi) is 5.01. The van der Waals surface area contributed by atoms with Crippen LogP contribution in [0.4, 0.5) is 5.82 Å². The topological polar surface area (TPSA) is 71.1 Å². The Bertz CT molecular complexity index is 484. The first-order valence-corrected chi connectivity index (χ1v) is 8.20. The van der Waals surface area contributed by atoms with Gasteiger partial charge in [0, 0.05) is 24.5 Å². The van der Waals surface area contributed by atoms with Gasteiger partial charge in [-0.05, 0) is 32.2 Å². The van der Waals surface area contributed by atoms with E-state index < -0.39 is 10.0 Å². The van der Waals surface area contributed by atoms with Gasteiger partial charge < -0.3 is 5.32 Å². The fourth-order valence-electron chi connectivity index (χ4n) is 1.11. The van der Waals surface area contributed by atoms with Crippen molar-refractivity contribution in [2.45, 2.75) is 23.5 Å². The number of nitrogens with zero attached hydrogens (tertiary/aromatic N) is 1. The largest absolute Gasteiger partial charge is 0.373 e. The summed E-state index contributed by atoms with van der Waals surface area (Å²) in [5.41, 5.74) is 0. The zero-order valence-electron chi connectivity index (χ0n) is 11.0. The monoisotopic (exact) mass is 289 g/mol. The number of nitrogens with one attached hydrogen (secondary N) is 2. The molecule has 18 heavy (non-hydrogen) atoms. The summed E-state index contributed by atoms with van der Waals surface area (Å²) in [5.74, 6) is 0.637. The molecule has 0 aromatic carbocycles. The van der Waals surface area contributed by atoms with Crippen LogP contribution in [-0.4, -0.2) is 38.0 Å². The Balaban J connectivity index is 2.80. The number of anilines is 1. The van der Waals surface area contributed by atoms with Crippen molar-refractivity contribution in [2.24, 2.45) is 0 Å². The Morgan fingerprint density at radius 3 is 2.50 bits per heavy atom. The van der Waals surface area contributed by atoms with Crippen molar-refractivity contribution in [3.63, 3.8) is 0 Å². The summed E-state index contributed by atoms with van der Waals surface area (Å²) in [6.07, 6.45) is 3.30. The lowest BCUT2D eigenvalue weighted by Gasteiger charge is -2.22. The molecule has 0 amide bonds. The number of pyridine rings is 1. The predicted octanol–water partition coefficient (Wildman–Crippen LogP) is 1.54. The van der Waals surface area contributed by atoms with Crippen molar-refractivity contribution in [1.82, 2.24) is 9.71 Å². The molecule has 1 aromatic rings. The summed E-state index contributed by atoms with van der Waals surface area (Å²) in [5, 5.41) is 2.84. The smallest absolute Gasteiger partial charge is 0.242 e. The molecule has 1 aromatic heterocycles. The Labute approximate surface area is 113 Å². The number of sulfonamides is 1. The molecule has 0 unspecified atom stereocenters. The van der Waals surface area contributed by atoms with Gasteiger partial charge in [-0.2, -0.15) is 11.8 Å². The summed E-state index contributed by atoms with van der Waals surface area (Å²) in [6.45, 7) is 4.36. The van der Waals surface area contributed by atoms with Gasteiger partial charge in [0.15, 0.2) is 0 Å². The summed E-state index contributed by atoms with van der Waals surface area (Å²) in [6, 6.07) is 3.17. The Morgan fingerprint density at radius 2 is 2.06 bits per heavy atom. The van der Waals surface area contributed by atoms with E-state index in [0.717, 1.165) is 0 Å². The predicted molar refractivity (Wildman–Crippen MR) is 76.6 cm³/mol. The second-order valence-electron chi connectivity index (χ2n) is 4.42. The normalized spacial score (nSPS) is 12.4. The first-order valence-electron chi connectivity index (χ1n) is 5.49. The van der Waals surface area contributed by atoms with Gasteiger partial charge in [0.25, 0.3) is 0 Å². The SMILES string of the molecule is CNc1ccc(S(=O)(=O)NCC(C)(C)SC)cn1. The molecule has 0 fully saturated rings. The standard InChI is InChI=1S/C11H19N3O2S2/c1-11(2,17-4)8-14-18(15,16)9-5-6-10(12-3)13-7-9/h5-7,14H,8H2,1-4H3,(H,12,13). The third kappa shape index (κ3) is 4.15. The van der Waals surface area contributed by atoms with Crippen LogP contribution < -0.4 is 10.0 Å². The first-order chi connectivity index (χ1) is 8.30. The van der Waals surface area contributed by atoms with Crippen molar-refractivity contribution in [3.05, 3.63) is 18.3 Å². The lowest BCUT2D eigenvalue weighted by Crippen LogP contribution is -2.36. The number of thioether (sulfide) groups is 1. The maximum absolute atomic E-state index is 12.0. The Morgan fingerprint density at radius 1 is 1.39 bits per heavy atom. The molecule has 1 rings (SSSR count). The van der Waals surface area contributed by atoms with Crippen LogP contribution >= 0.6 is 11.8 Å². The van der Waals surface area contributed by atoms with Crippen molar-refractivity contribution in [2.75, 3.05) is 25.2 Å². The van der Waals surface area contributed by atoms with E-state index >= 15 is 0 Å². The van der Waals surface area contributed by atoms with Crippen LogP contribution in [0.15, 0.2) is 23.2 Å². The van der Waals surface area contributed by atoms with E-state index in [-0.39, 0.29) is 9.64 Å². The Hall–Kier alpha value is -0.790. The third-order valence-corrected chi connectivity index (χ3v) is 5.18. The molecule has 7 heteroatoms. The molecule has 1 heterocycles. The first kappa shape index (κ1) is 15.3. The average Bonchev–Trinajstić information content (AvgIpc) is 2.37. The molecule has 0 bridgehead atoms. The maximum atomic E-state index is 12.0. The van der Waals surface area contributed by atoms with Crippen molar-refractivity contribution in [1.29, 1.82) is 0 Å². The zero-order chi connectivity index (χ0) is 13.8. The molecule has 0 radical (unpaired) electrons. The number of hydrogen-bond acceptors (Lipinski definition) is 5. The van der Waals surface area contributed by atoms with Gasteiger partial charge in [-0.25, -0.2) is 18.1 Å². The summed E-state index contributed by atoms with van der Waals surface area (Å²) in [4.78, 5) is 4.17. The van der Waals surface area contributed by atoms with Gasteiger partial charge in [0.2, 0.25) is 10.0 Å². The second kappa shape index (κ2) is 5.90. The van der Waals surface area contributed by atoms with Gasteiger partial charge in [-0.15, -0.1) is 0 Å². The fourth-order valence-corrected chi connectivity index (χ4v) is 2.58. The molecular weight excluding hydrogens is 270 g/mol. The van der Waals surface area contributed by atoms with Crippen molar-refractivity contribution < 1.29 is 8.42 Å². The van der Waals surface area contributed by atoms with Crippen LogP contribution in [-0.2, 0) is 10.0 Å². The van der Waals surface area contributed by atoms with E-state index in [4.69, 9.17) is 0 Å². The quantitative estimate of drug-likeness (QED) is 0.831. The van der Waals surface area contributed by atoms with Crippen LogP contribution in [0, 0.1) is 0 Å². The van der Waals surface area contributed by atoms with Gasteiger partial charge in [0.1, 0.15) is 10.7 Å². The van der Waals surface area contributed by atoms with E-state index in [0.29, 0.717) is 12.4 Å². The van der Waals surface area contributed by atoms with E-state index in [9.17, 15) is 8.42 Å². The number of rotatable bonds is 6. The zero-order valence-corrected chi connectivity index (χ0v) is 12.7. The van der Waals surface area contributed by atoms with Crippen LogP contribution in [0.25, 0.3) is 0 Å². The van der Waals surface area contributed by atoms with Crippen LogP contribution in [0.2, 0.25) is 0 Å². The minimum absolute atomic E-state index is 0.134. The molecule has 0 atom stereocenters.